The highest BCUT2D eigenvalue weighted by Gasteiger charge is 2.15. The van der Waals surface area contributed by atoms with Crippen molar-refractivity contribution >= 4 is 50.9 Å². The average molecular weight is 666 g/mol. The van der Waals surface area contributed by atoms with Gasteiger partial charge in [-0.1, -0.05) is 0 Å². The lowest BCUT2D eigenvalue weighted by molar-refractivity contribution is -0.671. The van der Waals surface area contributed by atoms with Crippen LogP contribution in [0, 0.1) is 10.1 Å². The molecule has 0 aliphatic heterocycles. The van der Waals surface area contributed by atoms with Crippen LogP contribution in [0.15, 0.2) is 104 Å². The molecule has 5 rings (SSSR count). The number of rotatable bonds is 7. The minimum atomic E-state index is -0.406. The van der Waals surface area contributed by atoms with Gasteiger partial charge in [0, 0.05) is 59.0 Å². The first-order valence-electron chi connectivity index (χ1n) is 11.9. The van der Waals surface area contributed by atoms with Crippen LogP contribution in [0.1, 0.15) is 10.4 Å². The van der Waals surface area contributed by atoms with Crippen LogP contribution in [0.4, 0.5) is 34.1 Å². The fourth-order valence-corrected chi connectivity index (χ4v) is 4.08. The first-order chi connectivity index (χ1) is 18.4. The Morgan fingerprint density at radius 3 is 1.95 bits per heavy atom. The Bertz CT molecular complexity index is 1640. The summed E-state index contributed by atoms with van der Waals surface area (Å²) in [5.74, 6) is -0.222. The lowest BCUT2D eigenvalue weighted by Gasteiger charge is -2.11. The number of amides is 1. The third-order valence-corrected chi connectivity index (χ3v) is 6.16. The van der Waals surface area contributed by atoms with Gasteiger partial charge in [-0.3, -0.25) is 14.9 Å². The molecule has 0 saturated heterocycles. The average Bonchev–Trinajstić information content (AvgIpc) is 2.93. The smallest absolute Gasteiger partial charge is 0.270 e. The van der Waals surface area contributed by atoms with Gasteiger partial charge in [0.15, 0.2) is 18.6 Å². The molecule has 2 aromatic heterocycles. The van der Waals surface area contributed by atoms with E-state index in [0.29, 0.717) is 11.3 Å². The van der Waals surface area contributed by atoms with Crippen molar-refractivity contribution in [3.8, 4) is 0 Å². The second-order valence-electron chi connectivity index (χ2n) is 8.91. The van der Waals surface area contributed by atoms with E-state index in [0.717, 1.165) is 33.7 Å². The van der Waals surface area contributed by atoms with Gasteiger partial charge in [-0.2, -0.15) is 0 Å². The zero-order valence-corrected chi connectivity index (χ0v) is 24.8. The minimum absolute atomic E-state index is 0. The predicted molar refractivity (Wildman–Crippen MR) is 147 cm³/mol. The van der Waals surface area contributed by atoms with E-state index in [1.165, 1.54) is 6.07 Å². The highest BCUT2D eigenvalue weighted by molar-refractivity contribution is 6.04. The molecule has 0 fully saturated rings. The summed E-state index contributed by atoms with van der Waals surface area (Å²) in [5, 5.41) is 21.5. The van der Waals surface area contributed by atoms with Crippen molar-refractivity contribution in [2.24, 2.45) is 14.1 Å². The van der Waals surface area contributed by atoms with Gasteiger partial charge in [0.05, 0.1) is 21.7 Å². The molecule has 0 aliphatic carbocycles. The molecule has 0 spiro atoms. The number of fused-ring (bicyclic) bond motifs is 1. The second-order valence-corrected chi connectivity index (χ2v) is 8.91. The van der Waals surface area contributed by atoms with Crippen LogP contribution < -0.4 is 59.0 Å². The summed E-state index contributed by atoms with van der Waals surface area (Å²) in [7, 11) is 3.85. The Morgan fingerprint density at radius 2 is 1.30 bits per heavy atom. The van der Waals surface area contributed by atoms with Gasteiger partial charge in [0.25, 0.3) is 11.6 Å². The fourth-order valence-electron chi connectivity index (χ4n) is 4.08. The molecule has 0 radical (unpaired) electrons. The fraction of sp³-hybridized carbons (Fsp3) is 0.0690. The quantitative estimate of drug-likeness (QED) is 0.119. The van der Waals surface area contributed by atoms with E-state index in [1.807, 2.05) is 84.3 Å². The highest BCUT2D eigenvalue weighted by Crippen LogP contribution is 2.28. The lowest BCUT2D eigenvalue weighted by Crippen LogP contribution is -3.00. The highest BCUT2D eigenvalue weighted by atomic mass is 79.9. The van der Waals surface area contributed by atoms with Gasteiger partial charge in [0.1, 0.15) is 14.1 Å². The number of pyridine rings is 2. The molecule has 0 atom stereocenters. The van der Waals surface area contributed by atoms with E-state index in [9.17, 15) is 14.9 Å². The van der Waals surface area contributed by atoms with Crippen molar-refractivity contribution in [1.29, 1.82) is 0 Å². The maximum Gasteiger partial charge on any atom is 0.270 e. The molecule has 40 heavy (non-hydrogen) atoms. The number of non-ortho nitro benzene ring substituents is 1. The summed E-state index contributed by atoms with van der Waals surface area (Å²) < 4.78 is 3.87. The van der Waals surface area contributed by atoms with E-state index in [-0.39, 0.29) is 45.6 Å². The number of anilines is 5. The van der Waals surface area contributed by atoms with E-state index < -0.39 is 4.92 Å². The van der Waals surface area contributed by atoms with Crippen LogP contribution in [0.3, 0.4) is 0 Å². The van der Waals surface area contributed by atoms with Crippen molar-refractivity contribution in [3.05, 3.63) is 119 Å². The number of halogens is 2. The SMILES string of the molecule is C[n+]1ccc(Nc2ccc(NC(=O)c3ccc(Nc4cc[n+](C)c5ccc([N+](=O)[O-])cc45)cc3)cc2)cc1.[Br-].[Br-]. The van der Waals surface area contributed by atoms with E-state index >= 15 is 0 Å². The van der Waals surface area contributed by atoms with Crippen LogP contribution in [-0.4, -0.2) is 10.8 Å². The summed E-state index contributed by atoms with van der Waals surface area (Å²) in [6.07, 6.45) is 5.82. The number of nitro groups is 1. The first kappa shape index (κ1) is 30.2. The normalized spacial score (nSPS) is 10.2. The zero-order chi connectivity index (χ0) is 26.6. The van der Waals surface area contributed by atoms with Crippen molar-refractivity contribution in [2.75, 3.05) is 16.0 Å². The number of nitrogens with zero attached hydrogens (tertiary/aromatic N) is 3. The minimum Gasteiger partial charge on any atom is -1.00 e. The number of nitrogens with one attached hydrogen (secondary N) is 3. The molecule has 204 valence electrons. The van der Waals surface area contributed by atoms with Crippen molar-refractivity contribution < 1.29 is 52.8 Å². The summed E-state index contributed by atoms with van der Waals surface area (Å²) in [5.41, 5.74) is 5.46. The Balaban J connectivity index is 0.00000220. The Hall–Kier alpha value is -4.35. The maximum atomic E-state index is 12.8. The lowest BCUT2D eigenvalue weighted by atomic mass is 10.1. The molecular weight excluding hydrogens is 640 g/mol. The van der Waals surface area contributed by atoms with E-state index in [1.54, 1.807) is 36.4 Å². The number of hydrogen-bond acceptors (Lipinski definition) is 5. The molecule has 0 unspecified atom stereocenters. The van der Waals surface area contributed by atoms with Crippen molar-refractivity contribution in [3.63, 3.8) is 0 Å². The van der Waals surface area contributed by atoms with E-state index in [4.69, 9.17) is 0 Å². The number of aromatic nitrogens is 2. The van der Waals surface area contributed by atoms with Crippen LogP contribution in [-0.2, 0) is 14.1 Å². The molecule has 9 nitrogen and oxygen atoms in total. The van der Waals surface area contributed by atoms with Gasteiger partial charge in [-0.25, -0.2) is 9.13 Å². The zero-order valence-electron chi connectivity index (χ0n) is 21.6. The van der Waals surface area contributed by atoms with Crippen molar-refractivity contribution in [2.45, 2.75) is 0 Å². The van der Waals surface area contributed by atoms with Gasteiger partial charge in [-0.15, -0.1) is 0 Å². The molecule has 3 N–H and O–H groups in total. The molecule has 2 heterocycles. The monoisotopic (exact) mass is 664 g/mol. The number of carbonyl (C=O) groups is 1. The standard InChI is InChI=1S/C29H24N6O3.2BrH/c1-33-16-13-24(14-17-33)30-21-7-9-23(10-8-21)32-29(36)20-3-5-22(6-4-20)31-27-15-18-34(2)28-12-11-25(35(37)38)19-26(27)28;;/h3-19H,1-2H3,(H,32,36);2*1H. The third kappa shape index (κ3) is 6.99. The molecule has 11 heteroatoms. The molecule has 0 aliphatic rings. The summed E-state index contributed by atoms with van der Waals surface area (Å²) in [4.78, 5) is 23.7. The van der Waals surface area contributed by atoms with Crippen molar-refractivity contribution in [1.82, 2.24) is 0 Å². The number of hydrogen-bond donors (Lipinski definition) is 3. The number of aryl methyl sites for hydroxylation is 2. The van der Waals surface area contributed by atoms with E-state index in [2.05, 4.69) is 16.0 Å². The Kier molecular flexibility index (Phi) is 9.92. The first-order valence-corrected chi connectivity index (χ1v) is 11.9. The van der Waals surface area contributed by atoms with Gasteiger partial charge in [0.2, 0.25) is 5.52 Å². The molecular formula is C29H26Br2N6O3. The largest absolute Gasteiger partial charge is 1.00 e. The predicted octanol–water partition coefficient (Wildman–Crippen LogP) is -0.855. The molecule has 1 amide bonds. The molecule has 3 aromatic carbocycles. The van der Waals surface area contributed by atoms with Crippen LogP contribution in [0.2, 0.25) is 0 Å². The number of nitro benzene ring substituents is 1. The molecule has 5 aromatic rings. The van der Waals surface area contributed by atoms with Crippen LogP contribution in [0.5, 0.6) is 0 Å². The van der Waals surface area contributed by atoms with Gasteiger partial charge >= 0.3 is 0 Å². The second kappa shape index (κ2) is 13.1. The third-order valence-electron chi connectivity index (χ3n) is 6.16. The van der Waals surface area contributed by atoms with Crippen LogP contribution >= 0.6 is 0 Å². The molecule has 0 saturated carbocycles. The van der Waals surface area contributed by atoms with Gasteiger partial charge < -0.3 is 49.9 Å². The Morgan fingerprint density at radius 1 is 0.725 bits per heavy atom. The number of benzene rings is 3. The summed E-state index contributed by atoms with van der Waals surface area (Å²) in [6.45, 7) is 0. The number of carbonyl (C=O) groups excluding carboxylic acids is 1. The maximum absolute atomic E-state index is 12.8. The van der Waals surface area contributed by atoms with Gasteiger partial charge in [-0.05, 0) is 48.5 Å². The molecule has 0 bridgehead atoms. The topological polar surface area (TPSA) is 104 Å². The summed E-state index contributed by atoms with van der Waals surface area (Å²) >= 11 is 0. The Labute approximate surface area is 252 Å². The summed E-state index contributed by atoms with van der Waals surface area (Å²) in [6, 6.07) is 25.2. The van der Waals surface area contributed by atoms with Crippen LogP contribution in [0.25, 0.3) is 10.9 Å².